The average Bonchev–Trinajstić information content (AvgIpc) is 2.46. The first-order valence-corrected chi connectivity index (χ1v) is 6.97. The largest absolute Gasteiger partial charge is 0.337 e. The number of aromatic nitrogens is 1. The van der Waals surface area contributed by atoms with Crippen LogP contribution < -0.4 is 0 Å². The predicted octanol–water partition coefficient (Wildman–Crippen LogP) is 3.51. The summed E-state index contributed by atoms with van der Waals surface area (Å²) in [6, 6.07) is 9.27. The Morgan fingerprint density at radius 3 is 2.63 bits per heavy atom. The molecule has 0 saturated carbocycles. The number of piperidine rings is 1. The third-order valence-electron chi connectivity index (χ3n) is 3.52. The van der Waals surface area contributed by atoms with Crippen LogP contribution in [0, 0.1) is 0 Å². The average molecular weight is 275 g/mol. The Hall–Kier alpha value is -1.61. The van der Waals surface area contributed by atoms with E-state index in [1.54, 1.807) is 12.1 Å². The maximum Gasteiger partial charge on any atom is 0.272 e. The minimum Gasteiger partial charge on any atom is -0.337 e. The second-order valence-electron chi connectivity index (χ2n) is 4.89. The summed E-state index contributed by atoms with van der Waals surface area (Å²) in [7, 11) is 0. The summed E-state index contributed by atoms with van der Waals surface area (Å²) >= 11 is 5.96. The van der Waals surface area contributed by atoms with Gasteiger partial charge in [0.15, 0.2) is 0 Å². The molecule has 0 N–H and O–H groups in total. The number of nitrogens with zero attached hydrogens (tertiary/aromatic N) is 2. The highest BCUT2D eigenvalue weighted by molar-refractivity contribution is 6.31. The molecule has 0 aliphatic carbocycles. The van der Waals surface area contributed by atoms with Crippen LogP contribution in [0.3, 0.4) is 0 Å². The zero-order valence-corrected chi connectivity index (χ0v) is 11.4. The zero-order valence-electron chi connectivity index (χ0n) is 10.6. The number of amides is 1. The van der Waals surface area contributed by atoms with Crippen LogP contribution in [0.2, 0.25) is 5.02 Å². The van der Waals surface area contributed by atoms with Crippen LogP contribution in [0.4, 0.5) is 0 Å². The monoisotopic (exact) mass is 274 g/mol. The molecule has 1 amide bonds. The van der Waals surface area contributed by atoms with Gasteiger partial charge in [0, 0.05) is 23.5 Å². The third kappa shape index (κ3) is 2.56. The van der Waals surface area contributed by atoms with E-state index in [0.717, 1.165) is 36.8 Å². The Bertz CT molecular complexity index is 621. The van der Waals surface area contributed by atoms with E-state index in [1.807, 2.05) is 23.1 Å². The first-order chi connectivity index (χ1) is 9.24. The van der Waals surface area contributed by atoms with Crippen LogP contribution in [0.5, 0.6) is 0 Å². The number of fused-ring (bicyclic) bond motifs is 1. The lowest BCUT2D eigenvalue weighted by molar-refractivity contribution is 0.0719. The Morgan fingerprint density at radius 1 is 1.11 bits per heavy atom. The fourth-order valence-electron chi connectivity index (χ4n) is 2.47. The van der Waals surface area contributed by atoms with E-state index in [0.29, 0.717) is 10.7 Å². The first kappa shape index (κ1) is 12.4. The Morgan fingerprint density at radius 2 is 1.84 bits per heavy atom. The highest BCUT2D eigenvalue weighted by Gasteiger charge is 2.19. The molecular weight excluding hydrogens is 260 g/mol. The van der Waals surface area contributed by atoms with Gasteiger partial charge >= 0.3 is 0 Å². The van der Waals surface area contributed by atoms with Crippen molar-refractivity contribution >= 4 is 28.4 Å². The summed E-state index contributed by atoms with van der Waals surface area (Å²) in [5, 5.41) is 1.64. The quantitative estimate of drug-likeness (QED) is 0.797. The van der Waals surface area contributed by atoms with Crippen LogP contribution in [0.15, 0.2) is 30.3 Å². The maximum atomic E-state index is 12.4. The first-order valence-electron chi connectivity index (χ1n) is 6.60. The molecule has 0 bridgehead atoms. The molecular formula is C15H15ClN2O. The molecule has 3 nitrogen and oxygen atoms in total. The van der Waals surface area contributed by atoms with Crippen LogP contribution in [-0.2, 0) is 0 Å². The molecule has 0 radical (unpaired) electrons. The Labute approximate surface area is 117 Å². The third-order valence-corrected chi connectivity index (χ3v) is 3.75. The van der Waals surface area contributed by atoms with Crippen molar-refractivity contribution in [3.05, 3.63) is 41.0 Å². The molecule has 1 aromatic heterocycles. The van der Waals surface area contributed by atoms with Gasteiger partial charge in [-0.05, 0) is 37.5 Å². The summed E-state index contributed by atoms with van der Waals surface area (Å²) in [6.07, 6.45) is 3.39. The van der Waals surface area contributed by atoms with E-state index in [-0.39, 0.29) is 5.91 Å². The van der Waals surface area contributed by atoms with E-state index >= 15 is 0 Å². The lowest BCUT2D eigenvalue weighted by Crippen LogP contribution is -2.36. The van der Waals surface area contributed by atoms with Crippen LogP contribution >= 0.6 is 11.6 Å². The van der Waals surface area contributed by atoms with Crippen molar-refractivity contribution in [1.29, 1.82) is 0 Å². The number of halogens is 1. The molecule has 3 rings (SSSR count). The molecule has 0 unspecified atom stereocenters. The second-order valence-corrected chi connectivity index (χ2v) is 5.32. The highest BCUT2D eigenvalue weighted by Crippen LogP contribution is 2.19. The normalized spacial score (nSPS) is 15.7. The van der Waals surface area contributed by atoms with Crippen LogP contribution in [0.1, 0.15) is 29.8 Å². The topological polar surface area (TPSA) is 33.2 Å². The molecule has 1 aliphatic heterocycles. The number of rotatable bonds is 1. The van der Waals surface area contributed by atoms with Gasteiger partial charge in [-0.3, -0.25) is 4.79 Å². The Kier molecular flexibility index (Phi) is 3.38. The van der Waals surface area contributed by atoms with Crippen molar-refractivity contribution in [3.63, 3.8) is 0 Å². The number of carbonyl (C=O) groups excluding carboxylic acids is 1. The van der Waals surface area contributed by atoms with E-state index in [1.165, 1.54) is 6.42 Å². The van der Waals surface area contributed by atoms with Crippen molar-refractivity contribution in [3.8, 4) is 0 Å². The lowest BCUT2D eigenvalue weighted by atomic mass is 10.1. The van der Waals surface area contributed by atoms with Gasteiger partial charge in [0.2, 0.25) is 0 Å². The van der Waals surface area contributed by atoms with E-state index in [2.05, 4.69) is 4.98 Å². The maximum absolute atomic E-state index is 12.4. The Balaban J connectivity index is 1.93. The number of pyridine rings is 1. The van der Waals surface area contributed by atoms with Crippen molar-refractivity contribution in [2.45, 2.75) is 19.3 Å². The molecule has 1 aromatic carbocycles. The van der Waals surface area contributed by atoms with Gasteiger partial charge in [0.05, 0.1) is 5.52 Å². The molecule has 1 saturated heterocycles. The summed E-state index contributed by atoms with van der Waals surface area (Å²) in [6.45, 7) is 1.68. The molecule has 0 atom stereocenters. The number of benzene rings is 1. The second kappa shape index (κ2) is 5.17. The highest BCUT2D eigenvalue weighted by atomic mass is 35.5. The molecule has 0 spiro atoms. The SMILES string of the molecule is O=C(c1ccc2ccc(Cl)cc2n1)N1CCCCC1. The molecule has 2 heterocycles. The minimum absolute atomic E-state index is 0.0292. The van der Waals surface area contributed by atoms with Gasteiger partial charge in [-0.2, -0.15) is 0 Å². The fourth-order valence-corrected chi connectivity index (χ4v) is 2.63. The molecule has 1 aliphatic rings. The molecule has 4 heteroatoms. The van der Waals surface area contributed by atoms with Crippen LogP contribution in [-0.4, -0.2) is 28.9 Å². The summed E-state index contributed by atoms with van der Waals surface area (Å²) in [5.41, 5.74) is 1.28. The van der Waals surface area contributed by atoms with E-state index in [9.17, 15) is 4.79 Å². The van der Waals surface area contributed by atoms with Gasteiger partial charge in [-0.25, -0.2) is 4.98 Å². The van der Waals surface area contributed by atoms with Gasteiger partial charge in [-0.1, -0.05) is 23.7 Å². The smallest absolute Gasteiger partial charge is 0.272 e. The molecule has 1 fully saturated rings. The lowest BCUT2D eigenvalue weighted by Gasteiger charge is -2.26. The summed E-state index contributed by atoms with van der Waals surface area (Å²) < 4.78 is 0. The van der Waals surface area contributed by atoms with Crippen molar-refractivity contribution < 1.29 is 4.79 Å². The van der Waals surface area contributed by atoms with Gasteiger partial charge in [-0.15, -0.1) is 0 Å². The summed E-state index contributed by atoms with van der Waals surface area (Å²) in [4.78, 5) is 18.7. The number of hydrogen-bond acceptors (Lipinski definition) is 2. The van der Waals surface area contributed by atoms with Crippen molar-refractivity contribution in [2.75, 3.05) is 13.1 Å². The standard InChI is InChI=1S/C15H15ClN2O/c16-12-6-4-11-5-7-13(17-14(11)10-12)15(19)18-8-2-1-3-9-18/h4-7,10H,1-3,8-9H2. The van der Waals surface area contributed by atoms with Crippen LogP contribution in [0.25, 0.3) is 10.9 Å². The number of carbonyl (C=O) groups is 1. The number of likely N-dealkylation sites (tertiary alicyclic amines) is 1. The zero-order chi connectivity index (χ0) is 13.2. The summed E-state index contributed by atoms with van der Waals surface area (Å²) in [5.74, 6) is 0.0292. The number of hydrogen-bond donors (Lipinski definition) is 0. The molecule has 19 heavy (non-hydrogen) atoms. The van der Waals surface area contributed by atoms with Crippen molar-refractivity contribution in [1.82, 2.24) is 9.88 Å². The molecule has 2 aromatic rings. The predicted molar refractivity (Wildman–Crippen MR) is 76.5 cm³/mol. The van der Waals surface area contributed by atoms with Crippen molar-refractivity contribution in [2.24, 2.45) is 0 Å². The minimum atomic E-state index is 0.0292. The van der Waals surface area contributed by atoms with Gasteiger partial charge in [0.25, 0.3) is 5.91 Å². The fraction of sp³-hybridized carbons (Fsp3) is 0.333. The molecule has 98 valence electrons. The van der Waals surface area contributed by atoms with Gasteiger partial charge < -0.3 is 4.90 Å². The van der Waals surface area contributed by atoms with E-state index in [4.69, 9.17) is 11.6 Å². The van der Waals surface area contributed by atoms with E-state index < -0.39 is 0 Å². The van der Waals surface area contributed by atoms with Gasteiger partial charge in [0.1, 0.15) is 5.69 Å².